The van der Waals surface area contributed by atoms with Gasteiger partial charge in [0.05, 0.1) is 13.2 Å². The molecule has 0 aromatic heterocycles. The molecule has 0 spiro atoms. The molecule has 4 aromatic carbocycles. The first kappa shape index (κ1) is 22.7. The second-order valence-corrected chi connectivity index (χ2v) is 8.68. The summed E-state index contributed by atoms with van der Waals surface area (Å²) in [6.45, 7) is 0. The number of ketones is 1. The lowest BCUT2D eigenvalue weighted by Crippen LogP contribution is -2.33. The summed E-state index contributed by atoms with van der Waals surface area (Å²) in [6.07, 6.45) is -0.343. The second-order valence-electron chi connectivity index (χ2n) is 8.68. The Kier molecular flexibility index (Phi) is 6.48. The van der Waals surface area contributed by atoms with Gasteiger partial charge in [-0.2, -0.15) is 0 Å². The van der Waals surface area contributed by atoms with Gasteiger partial charge in [-0.15, -0.1) is 0 Å². The van der Waals surface area contributed by atoms with Crippen molar-refractivity contribution in [2.24, 2.45) is 5.41 Å². The molecule has 1 heterocycles. The molecule has 0 amide bonds. The second kappa shape index (κ2) is 10.0. The van der Waals surface area contributed by atoms with Gasteiger partial charge in [0.2, 0.25) is 0 Å². The number of ether oxygens (including phenoxy) is 2. The van der Waals surface area contributed by atoms with Crippen molar-refractivity contribution in [2.45, 2.75) is 18.6 Å². The molecule has 1 fully saturated rings. The highest BCUT2D eigenvalue weighted by atomic mass is 16.5. The number of carbonyl (C=O) groups is 1. The standard InChI is InChI=1S/C32H26O3/c1-34-28-19-17-27(18-20-28)31-32(22-21-24-11-5-2-6-12-24,30(33)26-15-9-4-10-16-26)23-29(35-31)25-13-7-3-8-14-25/h2-20,29,31H,23H2,1H3/t29-,31+,32+/m1/s1. The molecule has 0 saturated carbocycles. The van der Waals surface area contributed by atoms with Crippen LogP contribution in [0.1, 0.15) is 45.7 Å². The van der Waals surface area contributed by atoms with Crippen LogP contribution in [0.5, 0.6) is 5.75 Å². The fourth-order valence-corrected chi connectivity index (χ4v) is 4.67. The van der Waals surface area contributed by atoms with E-state index in [9.17, 15) is 4.79 Å². The average Bonchev–Trinajstić information content (AvgIpc) is 3.34. The molecule has 3 nitrogen and oxygen atoms in total. The van der Waals surface area contributed by atoms with E-state index in [-0.39, 0.29) is 11.9 Å². The zero-order valence-corrected chi connectivity index (χ0v) is 19.6. The molecule has 0 N–H and O–H groups in total. The number of carbonyl (C=O) groups excluding carboxylic acids is 1. The molecule has 0 aliphatic carbocycles. The average molecular weight is 459 g/mol. The van der Waals surface area contributed by atoms with Crippen LogP contribution < -0.4 is 4.74 Å². The summed E-state index contributed by atoms with van der Waals surface area (Å²) in [5, 5.41) is 0. The number of benzene rings is 4. The van der Waals surface area contributed by atoms with Crippen molar-refractivity contribution in [1.82, 2.24) is 0 Å². The Morgan fingerprint density at radius 3 is 2.03 bits per heavy atom. The van der Waals surface area contributed by atoms with Gasteiger partial charge in [0.15, 0.2) is 5.78 Å². The zero-order valence-electron chi connectivity index (χ0n) is 19.6. The number of methoxy groups -OCH3 is 1. The maximum Gasteiger partial charge on any atom is 0.184 e. The lowest BCUT2D eigenvalue weighted by molar-refractivity contribution is 0.0223. The molecule has 172 valence electrons. The van der Waals surface area contributed by atoms with E-state index in [1.54, 1.807) is 7.11 Å². The van der Waals surface area contributed by atoms with Crippen molar-refractivity contribution in [2.75, 3.05) is 7.11 Å². The first-order valence-electron chi connectivity index (χ1n) is 11.7. The predicted molar refractivity (Wildman–Crippen MR) is 137 cm³/mol. The first-order chi connectivity index (χ1) is 17.2. The van der Waals surface area contributed by atoms with Gasteiger partial charge < -0.3 is 9.47 Å². The van der Waals surface area contributed by atoms with Crippen LogP contribution in [0.15, 0.2) is 115 Å². The Balaban J connectivity index is 1.68. The van der Waals surface area contributed by atoms with Crippen LogP contribution in [0.4, 0.5) is 0 Å². The normalized spacial score (nSPS) is 21.1. The maximum atomic E-state index is 14.3. The van der Waals surface area contributed by atoms with Gasteiger partial charge in [0.25, 0.3) is 0 Å². The molecule has 1 saturated heterocycles. The molecule has 4 aromatic rings. The van der Waals surface area contributed by atoms with Crippen LogP contribution >= 0.6 is 0 Å². The van der Waals surface area contributed by atoms with Crippen LogP contribution in [-0.2, 0) is 4.74 Å². The van der Waals surface area contributed by atoms with Crippen LogP contribution in [-0.4, -0.2) is 12.9 Å². The van der Waals surface area contributed by atoms with Crippen molar-refractivity contribution in [3.05, 3.63) is 138 Å². The monoisotopic (exact) mass is 458 g/mol. The van der Waals surface area contributed by atoms with E-state index >= 15 is 0 Å². The van der Waals surface area contributed by atoms with E-state index in [0.29, 0.717) is 12.0 Å². The third-order valence-electron chi connectivity index (χ3n) is 6.49. The Labute approximate surface area is 206 Å². The first-order valence-corrected chi connectivity index (χ1v) is 11.7. The van der Waals surface area contributed by atoms with Crippen LogP contribution in [0.25, 0.3) is 0 Å². The molecule has 5 rings (SSSR count). The number of hydrogen-bond donors (Lipinski definition) is 0. The van der Waals surface area contributed by atoms with Crippen molar-refractivity contribution in [3.63, 3.8) is 0 Å². The third-order valence-corrected chi connectivity index (χ3v) is 6.49. The zero-order chi connectivity index (χ0) is 24.1. The van der Waals surface area contributed by atoms with E-state index in [0.717, 1.165) is 22.4 Å². The maximum absolute atomic E-state index is 14.3. The van der Waals surface area contributed by atoms with Crippen molar-refractivity contribution in [3.8, 4) is 17.6 Å². The molecule has 3 heteroatoms. The molecular weight excluding hydrogens is 432 g/mol. The molecular formula is C32H26O3. The third kappa shape index (κ3) is 4.62. The minimum absolute atomic E-state index is 0.0271. The van der Waals surface area contributed by atoms with Gasteiger partial charge in [-0.3, -0.25) is 4.79 Å². The van der Waals surface area contributed by atoms with Crippen molar-refractivity contribution < 1.29 is 14.3 Å². The molecule has 0 unspecified atom stereocenters. The minimum atomic E-state index is -1.06. The quantitative estimate of drug-likeness (QED) is 0.243. The van der Waals surface area contributed by atoms with Gasteiger partial charge in [0, 0.05) is 17.5 Å². The van der Waals surface area contributed by atoms with E-state index in [2.05, 4.69) is 11.8 Å². The SMILES string of the molecule is COc1ccc([C@@H]2O[C@@H](c3ccccc3)C[C@@]2(C#Cc2ccccc2)C(=O)c2ccccc2)cc1. The highest BCUT2D eigenvalue weighted by Gasteiger charge is 2.54. The summed E-state index contributed by atoms with van der Waals surface area (Å²) in [4.78, 5) is 14.3. The molecule has 0 radical (unpaired) electrons. The molecule has 35 heavy (non-hydrogen) atoms. The Morgan fingerprint density at radius 2 is 1.40 bits per heavy atom. The van der Waals surface area contributed by atoms with E-state index in [1.807, 2.05) is 115 Å². The smallest absolute Gasteiger partial charge is 0.184 e. The van der Waals surface area contributed by atoms with Crippen molar-refractivity contribution in [1.29, 1.82) is 0 Å². The summed E-state index contributed by atoms with van der Waals surface area (Å²) in [6, 6.07) is 37.0. The molecule has 1 aliphatic heterocycles. The summed E-state index contributed by atoms with van der Waals surface area (Å²) >= 11 is 0. The Morgan fingerprint density at radius 1 is 0.800 bits per heavy atom. The summed E-state index contributed by atoms with van der Waals surface area (Å²) in [5.74, 6) is 7.45. The van der Waals surface area contributed by atoms with Crippen molar-refractivity contribution >= 4 is 5.78 Å². The fraction of sp³-hybridized carbons (Fsp3) is 0.156. The predicted octanol–water partition coefficient (Wildman–Crippen LogP) is 6.82. The van der Waals surface area contributed by atoms with E-state index in [4.69, 9.17) is 9.47 Å². The Hall–Kier alpha value is -4.13. The van der Waals surface area contributed by atoms with Gasteiger partial charge in [-0.25, -0.2) is 0 Å². The summed E-state index contributed by atoms with van der Waals surface area (Å²) < 4.78 is 12.1. The number of Topliss-reactive ketones (excluding diaryl/α,β-unsaturated/α-hetero) is 1. The molecule has 3 atom stereocenters. The van der Waals surface area contributed by atoms with E-state index < -0.39 is 11.5 Å². The Bertz CT molecular complexity index is 1340. The van der Waals surface area contributed by atoms with Gasteiger partial charge >= 0.3 is 0 Å². The van der Waals surface area contributed by atoms with Gasteiger partial charge in [-0.05, 0) is 35.4 Å². The van der Waals surface area contributed by atoms with Crippen LogP contribution in [0, 0.1) is 17.3 Å². The van der Waals surface area contributed by atoms with Gasteiger partial charge in [0.1, 0.15) is 17.3 Å². The highest BCUT2D eigenvalue weighted by Crippen LogP contribution is 2.54. The lowest BCUT2D eigenvalue weighted by atomic mass is 9.71. The van der Waals surface area contributed by atoms with Crippen LogP contribution in [0.2, 0.25) is 0 Å². The highest BCUT2D eigenvalue weighted by molar-refractivity contribution is 6.03. The largest absolute Gasteiger partial charge is 0.497 e. The lowest BCUT2D eigenvalue weighted by Gasteiger charge is -2.28. The summed E-state index contributed by atoms with van der Waals surface area (Å²) in [7, 11) is 1.64. The minimum Gasteiger partial charge on any atom is -0.497 e. The van der Waals surface area contributed by atoms with Gasteiger partial charge in [-0.1, -0.05) is 103 Å². The number of hydrogen-bond acceptors (Lipinski definition) is 3. The molecule has 1 aliphatic rings. The van der Waals surface area contributed by atoms with E-state index in [1.165, 1.54) is 0 Å². The fourth-order valence-electron chi connectivity index (χ4n) is 4.67. The summed E-state index contributed by atoms with van der Waals surface area (Å²) in [5.41, 5.74) is 2.37. The molecule has 0 bridgehead atoms. The number of rotatable bonds is 5. The van der Waals surface area contributed by atoms with Crippen LogP contribution in [0.3, 0.4) is 0 Å². The topological polar surface area (TPSA) is 35.5 Å².